The summed E-state index contributed by atoms with van der Waals surface area (Å²) < 4.78 is 0.501. The number of unbranched alkanes of at least 4 members (excludes halogenated alkanes) is 6. The van der Waals surface area contributed by atoms with Crippen LogP contribution in [0.1, 0.15) is 107 Å². The van der Waals surface area contributed by atoms with Crippen molar-refractivity contribution in [3.8, 4) is 11.1 Å². The maximum absolute atomic E-state index is 13.1. The quantitative estimate of drug-likeness (QED) is 0.0309. The number of aryl methyl sites for hydroxylation is 2. The Balaban J connectivity index is 1.13. The molecule has 2 fully saturated rings. The average Bonchev–Trinajstić information content (AvgIpc) is 4.07. The lowest BCUT2D eigenvalue weighted by molar-refractivity contribution is -0.140. The number of hydrogen-bond acceptors (Lipinski definition) is 11. The normalized spacial score (nSPS) is 15.5. The van der Waals surface area contributed by atoms with E-state index >= 15 is 0 Å². The second kappa shape index (κ2) is 23.6. The number of hydrogen-bond donors (Lipinski definition) is 2. The van der Waals surface area contributed by atoms with E-state index in [4.69, 9.17) is 29.4 Å². The fourth-order valence-electron chi connectivity index (χ4n) is 8.48. The Bertz CT molecular complexity index is 2960. The summed E-state index contributed by atoms with van der Waals surface area (Å²) >= 11 is 16.2. The number of thiophene rings is 2. The molecule has 2 amide bonds. The molecule has 8 rings (SSSR count). The average molecular weight is 1040 g/mol. The highest BCUT2D eigenvalue weighted by molar-refractivity contribution is 8.27. The van der Waals surface area contributed by atoms with Crippen LogP contribution in [0, 0.1) is 0 Å². The zero-order valence-corrected chi connectivity index (χ0v) is 43.7. The van der Waals surface area contributed by atoms with Crippen molar-refractivity contribution in [1.29, 1.82) is 0 Å². The fourth-order valence-corrected chi connectivity index (χ4v) is 13.2. The molecule has 0 spiro atoms. The molecule has 0 unspecified atom stereocenters. The maximum Gasteiger partial charge on any atom is 0.323 e. The van der Waals surface area contributed by atoms with Crippen molar-refractivity contribution in [2.75, 3.05) is 13.1 Å². The fraction of sp³-hybridized carbons (Fsp3) is 0.255. The molecule has 2 N–H and O–H groups in total. The van der Waals surface area contributed by atoms with Gasteiger partial charge in [0.05, 0.1) is 20.8 Å². The number of amides is 2. The van der Waals surface area contributed by atoms with Crippen LogP contribution >= 0.6 is 70.6 Å². The summed E-state index contributed by atoms with van der Waals surface area (Å²) in [4.78, 5) is 61.4. The molecule has 3 aromatic carbocycles. The minimum absolute atomic E-state index is 0.250. The number of fused-ring (bicyclic) bond motifs is 2. The second-order valence-corrected chi connectivity index (χ2v) is 22.7. The first-order chi connectivity index (χ1) is 33.9. The minimum atomic E-state index is -1.11. The number of thiocarbonyl (C=S) groups is 2. The van der Waals surface area contributed by atoms with E-state index in [1.54, 1.807) is 22.7 Å². The molecule has 0 atom stereocenters. The highest BCUT2D eigenvalue weighted by Crippen LogP contribution is 2.39. The van der Waals surface area contributed by atoms with Crippen LogP contribution in [0.25, 0.3) is 69.4 Å². The number of carboxylic acid groups (broad SMARTS) is 2. The summed E-state index contributed by atoms with van der Waals surface area (Å²) in [6, 6.07) is 27.5. The van der Waals surface area contributed by atoms with E-state index in [1.165, 1.54) is 24.0 Å². The van der Waals surface area contributed by atoms with E-state index in [0.717, 1.165) is 148 Å². The Morgan fingerprint density at radius 1 is 0.600 bits per heavy atom. The van der Waals surface area contributed by atoms with Gasteiger partial charge in [-0.15, -0.1) is 22.7 Å². The highest BCUT2D eigenvalue weighted by Gasteiger charge is 2.34. The number of carbonyl (C=O) groups excluding carboxylic acids is 2. The van der Waals surface area contributed by atoms with Crippen LogP contribution < -0.4 is 0 Å². The van der Waals surface area contributed by atoms with Crippen molar-refractivity contribution >= 4 is 161 Å². The van der Waals surface area contributed by atoms with Crippen LogP contribution in [-0.2, 0) is 32.0 Å². The van der Waals surface area contributed by atoms with Crippen molar-refractivity contribution in [1.82, 2.24) is 14.8 Å². The van der Waals surface area contributed by atoms with E-state index in [2.05, 4.69) is 111 Å². The van der Waals surface area contributed by atoms with Gasteiger partial charge in [0.2, 0.25) is 0 Å². The van der Waals surface area contributed by atoms with Gasteiger partial charge in [-0.3, -0.25) is 29.0 Å². The summed E-state index contributed by atoms with van der Waals surface area (Å²) in [5, 5.41) is 20.7. The Labute approximate surface area is 435 Å². The number of benzene rings is 3. The van der Waals surface area contributed by atoms with Crippen LogP contribution in [0.5, 0.6) is 0 Å². The molecule has 358 valence electrons. The van der Waals surface area contributed by atoms with Crippen molar-refractivity contribution in [3.05, 3.63) is 130 Å². The molecule has 0 saturated carbocycles. The van der Waals surface area contributed by atoms with Gasteiger partial charge in [0.1, 0.15) is 21.7 Å². The van der Waals surface area contributed by atoms with Gasteiger partial charge in [-0.25, -0.2) is 4.98 Å². The van der Waals surface area contributed by atoms with Gasteiger partial charge in [0, 0.05) is 35.8 Å². The zero-order chi connectivity index (χ0) is 49.3. The van der Waals surface area contributed by atoms with Crippen molar-refractivity contribution < 1.29 is 29.4 Å². The Morgan fingerprint density at radius 2 is 1.06 bits per heavy atom. The lowest BCUT2D eigenvalue weighted by Crippen LogP contribution is -2.33. The van der Waals surface area contributed by atoms with E-state index in [9.17, 15) is 29.4 Å². The van der Waals surface area contributed by atoms with Gasteiger partial charge in [-0.05, 0) is 114 Å². The van der Waals surface area contributed by atoms with E-state index < -0.39 is 25.0 Å². The SMILES string of the molecule is CCCCCCc1cc(/C=C2/SC(=S)N(CC(=O)O)C2=O)sc1/C=C/c1ccc2nc3ccc(/C=C/c4sc(/C=C5/SC(=S)N(CC(=O)O)C5=O)cc4CCCCCC)cc3c(-c3ccccc3)c2c1. The monoisotopic (exact) mass is 1040 g/mol. The standard InChI is InChI=1S/C55H51N3O6S6/c1-3-5-7-10-16-37-28-39(30-47-52(63)57(32-49(59)60)54(65)69-47)67-45(37)24-20-34-18-22-43-41(26-34)51(36-14-12-9-13-15-36)42-27-35(19-23-44(42)56-43)21-25-46-38(17-11-8-6-4-2)29-40(68-46)31-48-53(64)58(33-50(61)62)55(66)70-48/h9,12-15,18-31H,3-8,10-11,16-17,32-33H2,1-2H3,(H,59,60)(H,61,62)/b24-20+,25-21+,47-30+,48-31+. The van der Waals surface area contributed by atoms with Gasteiger partial charge in [-0.1, -0.05) is 155 Å². The predicted octanol–water partition coefficient (Wildman–Crippen LogP) is 14.3. The summed E-state index contributed by atoms with van der Waals surface area (Å²) in [7, 11) is 0. The Kier molecular flexibility index (Phi) is 17.1. The summed E-state index contributed by atoms with van der Waals surface area (Å²) in [5.74, 6) is -2.98. The Morgan fingerprint density at radius 3 is 1.49 bits per heavy atom. The molecule has 2 aliphatic rings. The number of aromatic nitrogens is 1. The summed E-state index contributed by atoms with van der Waals surface area (Å²) in [6.07, 6.45) is 23.1. The number of pyridine rings is 1. The molecule has 3 aromatic heterocycles. The topological polar surface area (TPSA) is 128 Å². The van der Waals surface area contributed by atoms with Crippen molar-refractivity contribution in [2.45, 2.75) is 78.1 Å². The number of carboxylic acids is 2. The molecule has 0 bridgehead atoms. The molecule has 6 aromatic rings. The lowest BCUT2D eigenvalue weighted by Gasteiger charge is -2.13. The highest BCUT2D eigenvalue weighted by atomic mass is 32.2. The largest absolute Gasteiger partial charge is 0.480 e. The maximum atomic E-state index is 13.1. The van der Waals surface area contributed by atoms with Crippen molar-refractivity contribution in [2.24, 2.45) is 0 Å². The Hall–Kier alpha value is -5.55. The number of aliphatic carboxylic acids is 2. The number of rotatable bonds is 21. The predicted molar refractivity (Wildman–Crippen MR) is 302 cm³/mol. The minimum Gasteiger partial charge on any atom is -0.480 e. The van der Waals surface area contributed by atoms with E-state index in [0.29, 0.717) is 9.81 Å². The number of carbonyl (C=O) groups is 4. The van der Waals surface area contributed by atoms with Crippen LogP contribution in [0.3, 0.4) is 0 Å². The van der Waals surface area contributed by atoms with E-state index in [-0.39, 0.29) is 20.5 Å². The summed E-state index contributed by atoms with van der Waals surface area (Å²) in [5.41, 5.74) is 8.41. The van der Waals surface area contributed by atoms with Gasteiger partial charge >= 0.3 is 11.9 Å². The van der Waals surface area contributed by atoms with Gasteiger partial charge in [0.15, 0.2) is 0 Å². The third kappa shape index (κ3) is 12.3. The molecule has 9 nitrogen and oxygen atoms in total. The van der Waals surface area contributed by atoms with Gasteiger partial charge < -0.3 is 10.2 Å². The molecule has 0 radical (unpaired) electrons. The van der Waals surface area contributed by atoms with Gasteiger partial charge in [-0.2, -0.15) is 0 Å². The molecular weight excluding hydrogens is 991 g/mol. The third-order valence-electron chi connectivity index (χ3n) is 11.9. The lowest BCUT2D eigenvalue weighted by atomic mass is 9.94. The molecule has 70 heavy (non-hydrogen) atoms. The van der Waals surface area contributed by atoms with Gasteiger partial charge in [0.25, 0.3) is 11.8 Å². The van der Waals surface area contributed by atoms with Crippen molar-refractivity contribution in [3.63, 3.8) is 0 Å². The summed E-state index contributed by atoms with van der Waals surface area (Å²) in [6.45, 7) is 3.49. The van der Waals surface area contributed by atoms with Crippen LogP contribution in [0.4, 0.5) is 0 Å². The molecule has 2 aliphatic heterocycles. The molecular formula is C55H51N3O6S6. The van der Waals surface area contributed by atoms with E-state index in [1.807, 2.05) is 18.2 Å². The number of thioether (sulfide) groups is 2. The zero-order valence-electron chi connectivity index (χ0n) is 38.8. The second-order valence-electron chi connectivity index (χ2n) is 17.1. The smallest absolute Gasteiger partial charge is 0.323 e. The molecule has 0 aliphatic carbocycles. The molecule has 15 heteroatoms. The number of nitrogens with zero attached hydrogens (tertiary/aromatic N) is 3. The molecule has 5 heterocycles. The first-order valence-electron chi connectivity index (χ1n) is 23.4. The van der Waals surface area contributed by atoms with Crippen LogP contribution in [0.15, 0.2) is 88.7 Å². The first kappa shape index (κ1) is 50.8. The first-order valence-corrected chi connectivity index (χ1v) is 27.5. The van der Waals surface area contributed by atoms with Crippen LogP contribution in [0.2, 0.25) is 0 Å². The third-order valence-corrected chi connectivity index (χ3v) is 16.9. The van der Waals surface area contributed by atoms with Crippen LogP contribution in [-0.4, -0.2) is 70.5 Å². The molecule has 2 saturated heterocycles.